The van der Waals surface area contributed by atoms with Gasteiger partial charge in [-0.15, -0.1) is 0 Å². The Morgan fingerprint density at radius 3 is 2.20 bits per heavy atom. The number of imide groups is 1. The first kappa shape index (κ1) is 16.1. The summed E-state index contributed by atoms with van der Waals surface area (Å²) in [6, 6.07) is 13.6. The van der Waals surface area contributed by atoms with E-state index in [1.807, 2.05) is 12.1 Å². The standard InChI is InChI=1S/C18H12Cl2N2O3/c19-12-3-1-11(2-4-12)15-9-18(25-21-15)10-16(23)22(17(18)24)14-7-5-13(20)6-8-14/h1-9,21H,10H2/t18-/m1/s1. The van der Waals surface area contributed by atoms with Crippen LogP contribution in [0.5, 0.6) is 0 Å². The molecule has 2 aromatic carbocycles. The molecular formula is C18H12Cl2N2O3. The zero-order chi connectivity index (χ0) is 17.6. The van der Waals surface area contributed by atoms with Crippen LogP contribution in [0.2, 0.25) is 10.0 Å². The number of halogens is 2. The summed E-state index contributed by atoms with van der Waals surface area (Å²) < 4.78 is 0. The Morgan fingerprint density at radius 1 is 0.960 bits per heavy atom. The average Bonchev–Trinajstić information content (AvgIpc) is 3.12. The second-order valence-corrected chi connectivity index (χ2v) is 6.72. The predicted molar refractivity (Wildman–Crippen MR) is 94.9 cm³/mol. The molecule has 1 spiro atoms. The molecule has 2 amide bonds. The van der Waals surface area contributed by atoms with Crippen LogP contribution in [0.4, 0.5) is 5.69 Å². The Morgan fingerprint density at radius 2 is 1.56 bits per heavy atom. The van der Waals surface area contributed by atoms with E-state index in [1.54, 1.807) is 42.5 Å². The van der Waals surface area contributed by atoms with Crippen molar-refractivity contribution in [1.82, 2.24) is 5.48 Å². The van der Waals surface area contributed by atoms with E-state index in [4.69, 9.17) is 28.0 Å². The van der Waals surface area contributed by atoms with Crippen molar-refractivity contribution < 1.29 is 14.4 Å². The average molecular weight is 375 g/mol. The third kappa shape index (κ3) is 2.70. The fraction of sp³-hybridized carbons (Fsp3) is 0.111. The molecule has 0 radical (unpaired) electrons. The molecule has 2 aromatic rings. The topological polar surface area (TPSA) is 58.6 Å². The highest BCUT2D eigenvalue weighted by molar-refractivity contribution is 6.31. The number of hydrogen-bond acceptors (Lipinski definition) is 4. The molecule has 0 aromatic heterocycles. The molecule has 0 saturated carbocycles. The molecule has 1 atom stereocenters. The molecule has 0 aliphatic carbocycles. The molecule has 2 aliphatic rings. The summed E-state index contributed by atoms with van der Waals surface area (Å²) in [7, 11) is 0. The highest BCUT2D eigenvalue weighted by atomic mass is 35.5. The summed E-state index contributed by atoms with van der Waals surface area (Å²) in [5, 5.41) is 1.14. The maximum atomic E-state index is 12.9. The smallest absolute Gasteiger partial charge is 0.273 e. The van der Waals surface area contributed by atoms with Crippen LogP contribution in [0, 0.1) is 0 Å². The van der Waals surface area contributed by atoms with E-state index >= 15 is 0 Å². The van der Waals surface area contributed by atoms with Crippen molar-refractivity contribution in [1.29, 1.82) is 0 Å². The first-order valence-corrected chi connectivity index (χ1v) is 8.30. The number of rotatable bonds is 2. The van der Waals surface area contributed by atoms with E-state index in [0.29, 0.717) is 21.4 Å². The molecule has 0 bridgehead atoms. The molecule has 25 heavy (non-hydrogen) atoms. The lowest BCUT2D eigenvalue weighted by Gasteiger charge is -2.18. The first-order chi connectivity index (χ1) is 12.0. The van der Waals surface area contributed by atoms with E-state index in [9.17, 15) is 9.59 Å². The largest absolute Gasteiger partial charge is 0.274 e. The SMILES string of the molecule is O=C1C[C@]2(C=C(c3ccc(Cl)cc3)NO2)C(=O)N1c1ccc(Cl)cc1. The Hall–Kier alpha value is -2.34. The highest BCUT2D eigenvalue weighted by Crippen LogP contribution is 2.38. The van der Waals surface area contributed by atoms with Gasteiger partial charge in [-0.1, -0.05) is 35.3 Å². The van der Waals surface area contributed by atoms with Gasteiger partial charge in [0.15, 0.2) is 0 Å². The Labute approximate surface area is 153 Å². The summed E-state index contributed by atoms with van der Waals surface area (Å²) in [6.07, 6.45) is 1.57. The van der Waals surface area contributed by atoms with Crippen LogP contribution >= 0.6 is 23.2 Å². The van der Waals surface area contributed by atoms with Gasteiger partial charge in [0.1, 0.15) is 0 Å². The van der Waals surface area contributed by atoms with Crippen molar-refractivity contribution in [3.05, 3.63) is 70.2 Å². The monoisotopic (exact) mass is 374 g/mol. The molecule has 2 aliphatic heterocycles. The lowest BCUT2D eigenvalue weighted by atomic mass is 9.99. The number of nitrogens with zero attached hydrogens (tertiary/aromatic N) is 1. The summed E-state index contributed by atoms with van der Waals surface area (Å²) in [5.41, 5.74) is 3.31. The van der Waals surface area contributed by atoms with Crippen molar-refractivity contribution in [2.45, 2.75) is 12.0 Å². The summed E-state index contributed by atoms with van der Waals surface area (Å²) in [5.74, 6) is -0.765. The number of anilines is 1. The maximum Gasteiger partial charge on any atom is 0.273 e. The van der Waals surface area contributed by atoms with Crippen LogP contribution in [0.15, 0.2) is 54.6 Å². The molecule has 1 saturated heterocycles. The van der Waals surface area contributed by atoms with Crippen molar-refractivity contribution in [3.63, 3.8) is 0 Å². The molecule has 2 heterocycles. The zero-order valence-corrected chi connectivity index (χ0v) is 14.3. The van der Waals surface area contributed by atoms with E-state index < -0.39 is 11.5 Å². The van der Waals surface area contributed by atoms with Gasteiger partial charge in [-0.05, 0) is 48.0 Å². The predicted octanol–water partition coefficient (Wildman–Crippen LogP) is 3.57. The normalized spacial score (nSPS) is 22.5. The van der Waals surface area contributed by atoms with Crippen LogP contribution in [0.3, 0.4) is 0 Å². The molecule has 0 unspecified atom stereocenters. The number of hydrogen-bond donors (Lipinski definition) is 1. The first-order valence-electron chi connectivity index (χ1n) is 7.54. The number of carbonyl (C=O) groups excluding carboxylic acids is 2. The maximum absolute atomic E-state index is 12.9. The van der Waals surface area contributed by atoms with Gasteiger partial charge in [0.25, 0.3) is 5.91 Å². The molecule has 1 N–H and O–H groups in total. The van der Waals surface area contributed by atoms with Crippen LogP contribution in [0.1, 0.15) is 12.0 Å². The van der Waals surface area contributed by atoms with Gasteiger partial charge in [0.05, 0.1) is 17.8 Å². The Bertz CT molecular complexity index is 894. The van der Waals surface area contributed by atoms with E-state index in [2.05, 4.69) is 5.48 Å². The van der Waals surface area contributed by atoms with E-state index in [0.717, 1.165) is 10.5 Å². The minimum Gasteiger partial charge on any atom is -0.274 e. The zero-order valence-electron chi connectivity index (χ0n) is 12.8. The second-order valence-electron chi connectivity index (χ2n) is 5.85. The van der Waals surface area contributed by atoms with Crippen molar-refractivity contribution in [2.24, 2.45) is 0 Å². The van der Waals surface area contributed by atoms with Gasteiger partial charge in [-0.3, -0.25) is 19.9 Å². The van der Waals surface area contributed by atoms with Gasteiger partial charge in [0, 0.05) is 10.0 Å². The molecule has 5 nitrogen and oxygen atoms in total. The number of hydroxylamine groups is 1. The van der Waals surface area contributed by atoms with Gasteiger partial charge in [0.2, 0.25) is 11.5 Å². The van der Waals surface area contributed by atoms with E-state index in [1.165, 1.54) is 0 Å². The van der Waals surface area contributed by atoms with Gasteiger partial charge in [-0.2, -0.15) is 0 Å². The summed E-state index contributed by atoms with van der Waals surface area (Å²) >= 11 is 11.8. The second kappa shape index (κ2) is 5.88. The highest BCUT2D eigenvalue weighted by Gasteiger charge is 2.55. The Balaban J connectivity index is 1.67. The van der Waals surface area contributed by atoms with Crippen LogP contribution in [-0.2, 0) is 14.4 Å². The number of carbonyl (C=O) groups is 2. The molecule has 1 fully saturated rings. The number of amides is 2. The van der Waals surface area contributed by atoms with Gasteiger partial charge >= 0.3 is 0 Å². The summed E-state index contributed by atoms with van der Waals surface area (Å²) in [6.45, 7) is 0. The van der Waals surface area contributed by atoms with Crippen molar-refractivity contribution in [2.75, 3.05) is 4.90 Å². The van der Waals surface area contributed by atoms with Crippen molar-refractivity contribution in [3.8, 4) is 0 Å². The fourth-order valence-electron chi connectivity index (χ4n) is 2.94. The quantitative estimate of drug-likeness (QED) is 0.816. The minimum absolute atomic E-state index is 0.0709. The molecular weight excluding hydrogens is 363 g/mol. The number of nitrogens with one attached hydrogen (secondary N) is 1. The van der Waals surface area contributed by atoms with Crippen LogP contribution in [0.25, 0.3) is 5.70 Å². The third-order valence-electron chi connectivity index (χ3n) is 4.19. The molecule has 7 heteroatoms. The van der Waals surface area contributed by atoms with Gasteiger partial charge < -0.3 is 0 Å². The lowest BCUT2D eigenvalue weighted by Crippen LogP contribution is -2.40. The molecule has 4 rings (SSSR count). The number of benzene rings is 2. The van der Waals surface area contributed by atoms with Gasteiger partial charge in [-0.25, -0.2) is 4.90 Å². The summed E-state index contributed by atoms with van der Waals surface area (Å²) in [4.78, 5) is 32.0. The van der Waals surface area contributed by atoms with Crippen LogP contribution in [-0.4, -0.2) is 17.4 Å². The minimum atomic E-state index is -1.34. The lowest BCUT2D eigenvalue weighted by molar-refractivity contribution is -0.136. The van der Waals surface area contributed by atoms with E-state index in [-0.39, 0.29) is 12.3 Å². The van der Waals surface area contributed by atoms with Crippen LogP contribution < -0.4 is 10.4 Å². The Kier molecular flexibility index (Phi) is 3.80. The third-order valence-corrected chi connectivity index (χ3v) is 4.69. The molecule has 126 valence electrons. The van der Waals surface area contributed by atoms with Crippen molar-refractivity contribution >= 4 is 46.4 Å². The fourth-order valence-corrected chi connectivity index (χ4v) is 3.19.